The average molecular weight is 553 g/mol. The number of benzene rings is 4. The standard InChI is InChI=1S/C32H29ClN4OS/c1-22-14-16-28(17-15-22)37-30(35-36-32(37)39-21-25-11-6-8-23(2)18-25)29(19-24-9-4-3-5-10-24)34-31(38)26-12-7-13-27(33)20-26/h3-18,20,29H,19,21H2,1-2H3,(H,34,38). The molecule has 0 bridgehead atoms. The third-order valence-corrected chi connectivity index (χ3v) is 7.62. The molecule has 5 aromatic rings. The Balaban J connectivity index is 1.54. The van der Waals surface area contributed by atoms with Crippen LogP contribution in [0.15, 0.2) is 108 Å². The molecule has 39 heavy (non-hydrogen) atoms. The highest BCUT2D eigenvalue weighted by Gasteiger charge is 2.25. The molecule has 4 aromatic carbocycles. The summed E-state index contributed by atoms with van der Waals surface area (Å²) >= 11 is 7.81. The van der Waals surface area contributed by atoms with Crippen LogP contribution in [0.5, 0.6) is 0 Å². The summed E-state index contributed by atoms with van der Waals surface area (Å²) in [5.74, 6) is 1.21. The van der Waals surface area contributed by atoms with Crippen molar-refractivity contribution < 1.29 is 4.79 Å². The minimum atomic E-state index is -0.430. The van der Waals surface area contributed by atoms with Gasteiger partial charge in [0.05, 0.1) is 6.04 Å². The zero-order valence-corrected chi connectivity index (χ0v) is 23.4. The second kappa shape index (κ2) is 12.3. The minimum Gasteiger partial charge on any atom is -0.342 e. The van der Waals surface area contributed by atoms with Crippen LogP contribution in [0.2, 0.25) is 5.02 Å². The van der Waals surface area contributed by atoms with Crippen LogP contribution in [-0.4, -0.2) is 20.7 Å². The number of halogens is 1. The molecule has 0 spiro atoms. The number of hydrogen-bond acceptors (Lipinski definition) is 4. The molecule has 0 radical (unpaired) electrons. The van der Waals surface area contributed by atoms with Gasteiger partial charge in [0.1, 0.15) is 0 Å². The second-order valence-electron chi connectivity index (χ2n) is 9.52. The van der Waals surface area contributed by atoms with E-state index in [1.54, 1.807) is 36.0 Å². The molecule has 1 atom stereocenters. The molecule has 1 amide bonds. The maximum atomic E-state index is 13.4. The molecule has 1 unspecified atom stereocenters. The molecule has 0 aliphatic carbocycles. The number of amides is 1. The Kier molecular flexibility index (Phi) is 8.45. The number of carbonyl (C=O) groups is 1. The van der Waals surface area contributed by atoms with Gasteiger partial charge in [-0.25, -0.2) is 0 Å². The van der Waals surface area contributed by atoms with Crippen molar-refractivity contribution in [3.63, 3.8) is 0 Å². The Morgan fingerprint density at radius 2 is 1.59 bits per heavy atom. The molecule has 0 saturated carbocycles. The summed E-state index contributed by atoms with van der Waals surface area (Å²) in [4.78, 5) is 13.4. The number of nitrogens with one attached hydrogen (secondary N) is 1. The Labute approximate surface area is 238 Å². The summed E-state index contributed by atoms with van der Waals surface area (Å²) in [5.41, 5.74) is 6.13. The fourth-order valence-electron chi connectivity index (χ4n) is 4.41. The Hall–Kier alpha value is -3.87. The normalized spacial score (nSPS) is 11.8. The number of aryl methyl sites for hydroxylation is 2. The van der Waals surface area contributed by atoms with E-state index in [2.05, 4.69) is 94.6 Å². The molecule has 5 rings (SSSR count). The fraction of sp³-hybridized carbons (Fsp3) is 0.156. The van der Waals surface area contributed by atoms with Crippen LogP contribution < -0.4 is 5.32 Å². The predicted octanol–water partition coefficient (Wildman–Crippen LogP) is 7.54. The largest absolute Gasteiger partial charge is 0.342 e. The number of nitrogens with zero attached hydrogens (tertiary/aromatic N) is 3. The van der Waals surface area contributed by atoms with Crippen LogP contribution in [0, 0.1) is 13.8 Å². The molecule has 1 aromatic heterocycles. The number of aromatic nitrogens is 3. The Morgan fingerprint density at radius 3 is 2.33 bits per heavy atom. The van der Waals surface area contributed by atoms with Crippen molar-refractivity contribution >= 4 is 29.3 Å². The van der Waals surface area contributed by atoms with E-state index >= 15 is 0 Å². The van der Waals surface area contributed by atoms with Gasteiger partial charge in [-0.05, 0) is 61.7 Å². The fourth-order valence-corrected chi connectivity index (χ4v) is 5.51. The molecule has 0 fully saturated rings. The van der Waals surface area contributed by atoms with Crippen LogP contribution >= 0.6 is 23.4 Å². The molecule has 7 heteroatoms. The second-order valence-corrected chi connectivity index (χ2v) is 10.9. The van der Waals surface area contributed by atoms with Crippen LogP contribution in [0.3, 0.4) is 0 Å². The van der Waals surface area contributed by atoms with Gasteiger partial charge in [-0.1, -0.05) is 107 Å². The summed E-state index contributed by atoms with van der Waals surface area (Å²) in [6.45, 7) is 4.16. The Bertz CT molecular complexity index is 1570. The van der Waals surface area contributed by atoms with Crippen LogP contribution in [-0.2, 0) is 12.2 Å². The van der Waals surface area contributed by atoms with Gasteiger partial charge >= 0.3 is 0 Å². The van der Waals surface area contributed by atoms with Gasteiger partial charge < -0.3 is 5.32 Å². The molecular formula is C32H29ClN4OS. The van der Waals surface area contributed by atoms with E-state index in [1.807, 2.05) is 18.2 Å². The zero-order valence-electron chi connectivity index (χ0n) is 21.8. The lowest BCUT2D eigenvalue weighted by atomic mass is 10.0. The first-order valence-electron chi connectivity index (χ1n) is 12.8. The lowest BCUT2D eigenvalue weighted by Gasteiger charge is -2.20. The monoisotopic (exact) mass is 552 g/mol. The highest BCUT2D eigenvalue weighted by Crippen LogP contribution is 2.29. The molecule has 0 aliphatic heterocycles. The maximum absolute atomic E-state index is 13.4. The van der Waals surface area contributed by atoms with Gasteiger partial charge in [-0.3, -0.25) is 9.36 Å². The van der Waals surface area contributed by atoms with E-state index < -0.39 is 6.04 Å². The topological polar surface area (TPSA) is 59.8 Å². The first-order valence-corrected chi connectivity index (χ1v) is 14.1. The molecule has 0 saturated heterocycles. The lowest BCUT2D eigenvalue weighted by molar-refractivity contribution is 0.0934. The maximum Gasteiger partial charge on any atom is 0.251 e. The van der Waals surface area contributed by atoms with Crippen molar-refractivity contribution in [1.29, 1.82) is 0 Å². The van der Waals surface area contributed by atoms with Gasteiger partial charge in [0.25, 0.3) is 5.91 Å². The average Bonchev–Trinajstić information content (AvgIpc) is 3.36. The quantitative estimate of drug-likeness (QED) is 0.192. The van der Waals surface area contributed by atoms with Crippen molar-refractivity contribution in [3.05, 3.63) is 142 Å². The van der Waals surface area contributed by atoms with Gasteiger partial charge in [0.2, 0.25) is 0 Å². The first-order chi connectivity index (χ1) is 19.0. The van der Waals surface area contributed by atoms with Gasteiger partial charge in [0, 0.05) is 22.0 Å². The zero-order chi connectivity index (χ0) is 27.2. The summed E-state index contributed by atoms with van der Waals surface area (Å²) in [6, 6.07) is 33.4. The van der Waals surface area contributed by atoms with Crippen LogP contribution in [0.1, 0.15) is 44.5 Å². The molecule has 1 heterocycles. The molecular weight excluding hydrogens is 524 g/mol. The van der Waals surface area contributed by atoms with Crippen LogP contribution in [0.4, 0.5) is 0 Å². The van der Waals surface area contributed by atoms with E-state index in [4.69, 9.17) is 11.6 Å². The summed E-state index contributed by atoms with van der Waals surface area (Å²) in [5, 5.41) is 13.8. The molecule has 1 N–H and O–H groups in total. The van der Waals surface area contributed by atoms with Crippen LogP contribution in [0.25, 0.3) is 5.69 Å². The van der Waals surface area contributed by atoms with E-state index in [0.717, 1.165) is 27.7 Å². The number of carbonyl (C=O) groups excluding carboxylic acids is 1. The number of rotatable bonds is 9. The van der Waals surface area contributed by atoms with E-state index in [-0.39, 0.29) is 5.91 Å². The van der Waals surface area contributed by atoms with Gasteiger partial charge in [0.15, 0.2) is 11.0 Å². The first kappa shape index (κ1) is 26.7. The molecule has 5 nitrogen and oxygen atoms in total. The number of hydrogen-bond donors (Lipinski definition) is 1. The highest BCUT2D eigenvalue weighted by atomic mass is 35.5. The Morgan fingerprint density at radius 1 is 0.846 bits per heavy atom. The summed E-state index contributed by atoms with van der Waals surface area (Å²) in [7, 11) is 0. The van der Waals surface area contributed by atoms with E-state index in [1.165, 1.54) is 11.1 Å². The highest BCUT2D eigenvalue weighted by molar-refractivity contribution is 7.98. The van der Waals surface area contributed by atoms with Crippen molar-refractivity contribution in [3.8, 4) is 5.69 Å². The third kappa shape index (κ3) is 6.77. The molecule has 0 aliphatic rings. The SMILES string of the molecule is Cc1ccc(-n2c(SCc3cccc(C)c3)nnc2C(Cc2ccccc2)NC(=O)c2cccc(Cl)c2)cc1. The summed E-state index contributed by atoms with van der Waals surface area (Å²) < 4.78 is 2.06. The van der Waals surface area contributed by atoms with Gasteiger partial charge in [-0.2, -0.15) is 0 Å². The van der Waals surface area contributed by atoms with Crippen molar-refractivity contribution in [2.75, 3.05) is 0 Å². The minimum absolute atomic E-state index is 0.217. The summed E-state index contributed by atoms with van der Waals surface area (Å²) in [6.07, 6.45) is 0.555. The van der Waals surface area contributed by atoms with Crippen molar-refractivity contribution in [2.24, 2.45) is 0 Å². The van der Waals surface area contributed by atoms with E-state index in [9.17, 15) is 4.79 Å². The van der Waals surface area contributed by atoms with E-state index in [0.29, 0.717) is 22.8 Å². The van der Waals surface area contributed by atoms with Crippen molar-refractivity contribution in [1.82, 2.24) is 20.1 Å². The van der Waals surface area contributed by atoms with Crippen molar-refractivity contribution in [2.45, 2.75) is 37.2 Å². The molecule has 196 valence electrons. The smallest absolute Gasteiger partial charge is 0.251 e. The van der Waals surface area contributed by atoms with Gasteiger partial charge in [-0.15, -0.1) is 10.2 Å². The third-order valence-electron chi connectivity index (χ3n) is 6.39. The number of thioether (sulfide) groups is 1. The predicted molar refractivity (Wildman–Crippen MR) is 159 cm³/mol. The lowest BCUT2D eigenvalue weighted by Crippen LogP contribution is -2.32.